The molecule has 1 aromatic carbocycles. The second-order valence-electron chi connectivity index (χ2n) is 3.88. The molecule has 0 spiro atoms. The number of hydrogen-bond acceptors (Lipinski definition) is 5. The quantitative estimate of drug-likeness (QED) is 0.783. The summed E-state index contributed by atoms with van der Waals surface area (Å²) in [6, 6.07) is 5.98. The molecule has 0 aliphatic rings. The van der Waals surface area contributed by atoms with Crippen molar-refractivity contribution < 1.29 is 19.7 Å². The summed E-state index contributed by atoms with van der Waals surface area (Å²) in [4.78, 5) is 12.0. The summed E-state index contributed by atoms with van der Waals surface area (Å²) in [6.07, 6.45) is 2.31. The van der Waals surface area contributed by atoms with Gasteiger partial charge in [-0.1, -0.05) is 0 Å². The molecule has 0 aliphatic carbocycles. The SMILES string of the molecule is O=C(O)c1ccc(OC[C@H](O)Cn2nccn2)cc1. The summed E-state index contributed by atoms with van der Waals surface area (Å²) in [5.41, 5.74) is 0.189. The van der Waals surface area contributed by atoms with Crippen LogP contribution in [0.5, 0.6) is 5.75 Å². The zero-order valence-electron chi connectivity index (χ0n) is 10.0. The van der Waals surface area contributed by atoms with E-state index in [1.54, 1.807) is 12.1 Å². The number of nitrogens with zero attached hydrogens (tertiary/aromatic N) is 3. The number of rotatable bonds is 6. The molecule has 1 aromatic heterocycles. The predicted molar refractivity (Wildman–Crippen MR) is 64.9 cm³/mol. The molecule has 2 N–H and O–H groups in total. The number of carboxylic acid groups (broad SMARTS) is 1. The average molecular weight is 263 g/mol. The van der Waals surface area contributed by atoms with Gasteiger partial charge in [-0.2, -0.15) is 15.0 Å². The molecule has 19 heavy (non-hydrogen) atoms. The van der Waals surface area contributed by atoms with Gasteiger partial charge in [0.05, 0.1) is 24.5 Å². The van der Waals surface area contributed by atoms with Crippen molar-refractivity contribution in [2.45, 2.75) is 12.6 Å². The van der Waals surface area contributed by atoms with Crippen molar-refractivity contribution in [2.75, 3.05) is 6.61 Å². The Morgan fingerprint density at radius 1 is 1.26 bits per heavy atom. The average Bonchev–Trinajstić information content (AvgIpc) is 2.89. The molecule has 0 bridgehead atoms. The van der Waals surface area contributed by atoms with E-state index >= 15 is 0 Å². The largest absolute Gasteiger partial charge is 0.491 e. The topological polar surface area (TPSA) is 97.5 Å². The van der Waals surface area contributed by atoms with E-state index in [1.807, 2.05) is 0 Å². The number of benzene rings is 1. The van der Waals surface area contributed by atoms with E-state index in [4.69, 9.17) is 9.84 Å². The minimum absolute atomic E-state index is 0.0773. The number of aromatic carboxylic acids is 1. The fourth-order valence-corrected chi connectivity index (χ4v) is 1.46. The molecule has 1 atom stereocenters. The molecule has 2 rings (SSSR count). The van der Waals surface area contributed by atoms with Crippen molar-refractivity contribution in [3.05, 3.63) is 42.2 Å². The van der Waals surface area contributed by atoms with Crippen molar-refractivity contribution in [1.29, 1.82) is 0 Å². The number of carbonyl (C=O) groups is 1. The van der Waals surface area contributed by atoms with Crippen molar-refractivity contribution in [3.8, 4) is 5.75 Å². The van der Waals surface area contributed by atoms with Crippen LogP contribution in [0.15, 0.2) is 36.7 Å². The van der Waals surface area contributed by atoms with Crippen molar-refractivity contribution in [3.63, 3.8) is 0 Å². The van der Waals surface area contributed by atoms with Crippen molar-refractivity contribution in [2.24, 2.45) is 0 Å². The number of hydrogen-bond donors (Lipinski definition) is 2. The number of aromatic nitrogens is 3. The van der Waals surface area contributed by atoms with Crippen LogP contribution in [0.1, 0.15) is 10.4 Å². The smallest absolute Gasteiger partial charge is 0.335 e. The summed E-state index contributed by atoms with van der Waals surface area (Å²) < 4.78 is 5.34. The Hall–Kier alpha value is -2.41. The first-order valence-electron chi connectivity index (χ1n) is 5.63. The summed E-state index contributed by atoms with van der Waals surface area (Å²) in [7, 11) is 0. The van der Waals surface area contributed by atoms with Gasteiger partial charge in [-0.3, -0.25) is 0 Å². The van der Waals surface area contributed by atoms with Crippen LogP contribution < -0.4 is 4.74 Å². The van der Waals surface area contributed by atoms with Gasteiger partial charge in [-0.15, -0.1) is 0 Å². The van der Waals surface area contributed by atoms with E-state index in [9.17, 15) is 9.90 Å². The second-order valence-corrected chi connectivity index (χ2v) is 3.88. The van der Waals surface area contributed by atoms with Gasteiger partial charge in [0.2, 0.25) is 0 Å². The molecule has 0 saturated carbocycles. The molecular weight excluding hydrogens is 250 g/mol. The zero-order valence-corrected chi connectivity index (χ0v) is 10.0. The van der Waals surface area contributed by atoms with Crippen LogP contribution in [-0.4, -0.2) is 43.9 Å². The van der Waals surface area contributed by atoms with E-state index in [-0.39, 0.29) is 18.7 Å². The maximum atomic E-state index is 10.7. The van der Waals surface area contributed by atoms with Gasteiger partial charge in [0.15, 0.2) is 0 Å². The highest BCUT2D eigenvalue weighted by Crippen LogP contribution is 2.12. The molecule has 2 aromatic rings. The lowest BCUT2D eigenvalue weighted by atomic mass is 10.2. The van der Waals surface area contributed by atoms with E-state index in [0.717, 1.165) is 0 Å². The molecule has 0 unspecified atom stereocenters. The molecule has 7 heteroatoms. The zero-order chi connectivity index (χ0) is 13.7. The number of aliphatic hydroxyl groups is 1. The highest BCUT2D eigenvalue weighted by molar-refractivity contribution is 5.87. The molecule has 0 aliphatic heterocycles. The molecule has 0 fully saturated rings. The Balaban J connectivity index is 1.83. The van der Waals surface area contributed by atoms with E-state index < -0.39 is 12.1 Å². The normalized spacial score (nSPS) is 12.1. The Kier molecular flexibility index (Phi) is 4.09. The summed E-state index contributed by atoms with van der Waals surface area (Å²) in [5, 5.41) is 26.2. The van der Waals surface area contributed by atoms with E-state index in [1.165, 1.54) is 29.3 Å². The highest BCUT2D eigenvalue weighted by atomic mass is 16.5. The van der Waals surface area contributed by atoms with Gasteiger partial charge in [-0.25, -0.2) is 4.79 Å². The Bertz CT molecular complexity index is 524. The third kappa shape index (κ3) is 3.78. The molecule has 0 radical (unpaired) electrons. The van der Waals surface area contributed by atoms with Crippen LogP contribution in [0.2, 0.25) is 0 Å². The summed E-state index contributed by atoms with van der Waals surface area (Å²) in [6.45, 7) is 0.314. The lowest BCUT2D eigenvalue weighted by Gasteiger charge is -2.11. The summed E-state index contributed by atoms with van der Waals surface area (Å²) in [5.74, 6) is -0.492. The predicted octanol–water partition coefficient (Wildman–Crippen LogP) is 0.416. The van der Waals surface area contributed by atoms with Gasteiger partial charge < -0.3 is 14.9 Å². The van der Waals surface area contributed by atoms with Crippen molar-refractivity contribution in [1.82, 2.24) is 15.0 Å². The number of ether oxygens (including phenoxy) is 1. The van der Waals surface area contributed by atoms with Crippen LogP contribution in [0, 0.1) is 0 Å². The van der Waals surface area contributed by atoms with E-state index in [0.29, 0.717) is 5.75 Å². The molecule has 100 valence electrons. The van der Waals surface area contributed by atoms with Gasteiger partial charge in [0.1, 0.15) is 18.5 Å². The Morgan fingerprint density at radius 2 is 1.89 bits per heavy atom. The van der Waals surface area contributed by atoms with Crippen LogP contribution in [0.3, 0.4) is 0 Å². The lowest BCUT2D eigenvalue weighted by molar-refractivity contribution is 0.0696. The first kappa shape index (κ1) is 13.0. The van der Waals surface area contributed by atoms with Gasteiger partial charge in [0, 0.05) is 0 Å². The minimum Gasteiger partial charge on any atom is -0.491 e. The second kappa shape index (κ2) is 5.96. The standard InChI is InChI=1S/C12H13N3O4/c16-10(7-15-13-5-6-14-15)8-19-11-3-1-9(2-4-11)12(17)18/h1-6,10,16H,7-8H2,(H,17,18)/t10-/m1/s1. The monoisotopic (exact) mass is 263 g/mol. The minimum atomic E-state index is -0.989. The van der Waals surface area contributed by atoms with Crippen LogP contribution in [0.25, 0.3) is 0 Å². The fourth-order valence-electron chi connectivity index (χ4n) is 1.46. The van der Waals surface area contributed by atoms with Crippen molar-refractivity contribution >= 4 is 5.97 Å². The molecule has 7 nitrogen and oxygen atoms in total. The molecule has 0 saturated heterocycles. The van der Waals surface area contributed by atoms with Crippen LogP contribution >= 0.6 is 0 Å². The fraction of sp³-hybridized carbons (Fsp3) is 0.250. The van der Waals surface area contributed by atoms with Gasteiger partial charge in [-0.05, 0) is 24.3 Å². The van der Waals surface area contributed by atoms with Crippen LogP contribution in [0.4, 0.5) is 0 Å². The Labute approximate surface area is 109 Å². The maximum absolute atomic E-state index is 10.7. The summed E-state index contributed by atoms with van der Waals surface area (Å²) >= 11 is 0. The third-order valence-corrected chi connectivity index (χ3v) is 2.38. The van der Waals surface area contributed by atoms with Gasteiger partial charge in [0.25, 0.3) is 0 Å². The third-order valence-electron chi connectivity index (χ3n) is 2.38. The first-order chi connectivity index (χ1) is 9.15. The molecular formula is C12H13N3O4. The first-order valence-corrected chi connectivity index (χ1v) is 5.63. The molecule has 0 amide bonds. The Morgan fingerprint density at radius 3 is 2.47 bits per heavy atom. The van der Waals surface area contributed by atoms with E-state index in [2.05, 4.69) is 10.2 Å². The highest BCUT2D eigenvalue weighted by Gasteiger charge is 2.08. The molecule has 1 heterocycles. The maximum Gasteiger partial charge on any atom is 0.335 e. The van der Waals surface area contributed by atoms with Crippen LogP contribution in [-0.2, 0) is 6.54 Å². The number of aliphatic hydroxyl groups excluding tert-OH is 1. The van der Waals surface area contributed by atoms with Gasteiger partial charge >= 0.3 is 5.97 Å². The lowest BCUT2D eigenvalue weighted by Crippen LogP contribution is -2.24. The number of carboxylic acids is 1.